The Balaban J connectivity index is 1.46. The van der Waals surface area contributed by atoms with Crippen LogP contribution >= 0.6 is 0 Å². The van der Waals surface area contributed by atoms with Gasteiger partial charge in [0, 0.05) is 57.1 Å². The highest BCUT2D eigenvalue weighted by Crippen LogP contribution is 2.18. The number of rotatable bonds is 8. The number of nitrogens with zero attached hydrogens (tertiary/aromatic N) is 5. The van der Waals surface area contributed by atoms with Gasteiger partial charge in [0.15, 0.2) is 11.6 Å². The predicted molar refractivity (Wildman–Crippen MR) is 131 cm³/mol. The van der Waals surface area contributed by atoms with Crippen molar-refractivity contribution in [2.75, 3.05) is 56.9 Å². The first-order chi connectivity index (χ1) is 15.5. The van der Waals surface area contributed by atoms with Crippen LogP contribution in [-0.4, -0.2) is 76.3 Å². The Labute approximate surface area is 189 Å². The molecule has 3 aromatic rings. The largest absolute Gasteiger partial charge is 0.369 e. The molecule has 168 valence electrons. The van der Waals surface area contributed by atoms with E-state index < -0.39 is 0 Å². The molecule has 3 N–H and O–H groups in total. The first kappa shape index (κ1) is 22.0. The van der Waals surface area contributed by atoms with Gasteiger partial charge in [0.2, 0.25) is 0 Å². The molecular formula is C24H32N8. The van der Waals surface area contributed by atoms with Gasteiger partial charge in [-0.3, -0.25) is 10.00 Å². The molecule has 0 amide bonds. The Hall–Kier alpha value is -3.23. The first-order valence-corrected chi connectivity index (χ1v) is 11.1. The number of benzene rings is 1. The summed E-state index contributed by atoms with van der Waals surface area (Å²) < 4.78 is 0. The number of aromatic amines is 1. The van der Waals surface area contributed by atoms with E-state index in [1.165, 1.54) is 5.56 Å². The Morgan fingerprint density at radius 2 is 1.69 bits per heavy atom. The minimum absolute atomic E-state index is 0.643. The minimum Gasteiger partial charge on any atom is -0.369 e. The van der Waals surface area contributed by atoms with Crippen LogP contribution in [0.15, 0.2) is 36.4 Å². The lowest BCUT2D eigenvalue weighted by Gasteiger charge is -2.32. The minimum atomic E-state index is 0.643. The Bertz CT molecular complexity index is 1030. The van der Waals surface area contributed by atoms with E-state index in [0.29, 0.717) is 11.6 Å². The third-order valence-electron chi connectivity index (χ3n) is 5.54. The average Bonchev–Trinajstić information content (AvgIpc) is 3.19. The van der Waals surface area contributed by atoms with Crippen LogP contribution in [0.3, 0.4) is 0 Å². The number of piperazine rings is 1. The highest BCUT2D eigenvalue weighted by atomic mass is 15.3. The fraction of sp³-hybridized carbons (Fsp3) is 0.375. The van der Waals surface area contributed by atoms with Gasteiger partial charge in [0.05, 0.1) is 0 Å². The molecule has 0 atom stereocenters. The molecule has 2 aromatic heterocycles. The van der Waals surface area contributed by atoms with Gasteiger partial charge in [-0.2, -0.15) is 5.10 Å². The molecule has 0 bridgehead atoms. The maximum absolute atomic E-state index is 4.70. The predicted octanol–water partition coefficient (Wildman–Crippen LogP) is 3.39. The molecule has 8 nitrogen and oxygen atoms in total. The smallest absolute Gasteiger partial charge is 0.156 e. The van der Waals surface area contributed by atoms with Gasteiger partial charge < -0.3 is 15.5 Å². The quantitative estimate of drug-likeness (QED) is 0.503. The van der Waals surface area contributed by atoms with Gasteiger partial charge in [-0.05, 0) is 32.5 Å². The molecule has 8 heteroatoms. The summed E-state index contributed by atoms with van der Waals surface area (Å²) in [5.41, 5.74) is 3.35. The Morgan fingerprint density at radius 1 is 0.938 bits per heavy atom. The van der Waals surface area contributed by atoms with Gasteiger partial charge in [0.1, 0.15) is 11.6 Å². The molecule has 32 heavy (non-hydrogen) atoms. The number of nitrogens with one attached hydrogen (secondary N) is 3. The summed E-state index contributed by atoms with van der Waals surface area (Å²) in [6.45, 7) is 10.4. The second-order valence-electron chi connectivity index (χ2n) is 8.37. The molecule has 1 aliphatic heterocycles. The number of likely N-dealkylation sites (N-methyl/N-ethyl adjacent to an activating group) is 1. The third kappa shape index (κ3) is 6.38. The summed E-state index contributed by atoms with van der Waals surface area (Å²) in [6, 6.07) is 12.3. The van der Waals surface area contributed by atoms with Crippen molar-refractivity contribution in [2.24, 2.45) is 0 Å². The van der Waals surface area contributed by atoms with Crippen molar-refractivity contribution in [1.82, 2.24) is 30.0 Å². The van der Waals surface area contributed by atoms with E-state index in [1.807, 2.05) is 31.2 Å². The van der Waals surface area contributed by atoms with Crippen LogP contribution in [0, 0.1) is 13.8 Å². The van der Waals surface area contributed by atoms with Gasteiger partial charge in [0.25, 0.3) is 0 Å². The maximum atomic E-state index is 4.70. The average molecular weight is 433 g/mol. The SMILES string of the molecule is Cc1ccc(/C=C/c2nc(NCCN3CCN(C)CC3)cc(Nc3cc(C)[nH]n3)n2)cc1. The molecule has 1 aliphatic rings. The third-order valence-corrected chi connectivity index (χ3v) is 5.54. The molecule has 3 heterocycles. The molecule has 1 fully saturated rings. The highest BCUT2D eigenvalue weighted by Gasteiger charge is 2.13. The summed E-state index contributed by atoms with van der Waals surface area (Å²) in [7, 11) is 2.18. The van der Waals surface area contributed by atoms with Gasteiger partial charge >= 0.3 is 0 Å². The van der Waals surface area contributed by atoms with Crippen molar-refractivity contribution in [2.45, 2.75) is 13.8 Å². The van der Waals surface area contributed by atoms with Crippen molar-refractivity contribution in [3.05, 3.63) is 59.0 Å². The lowest BCUT2D eigenvalue weighted by atomic mass is 10.1. The van der Waals surface area contributed by atoms with Crippen LogP contribution in [0.25, 0.3) is 12.2 Å². The van der Waals surface area contributed by atoms with Gasteiger partial charge in [-0.25, -0.2) is 9.97 Å². The molecule has 0 radical (unpaired) electrons. The second kappa shape index (κ2) is 10.4. The number of hydrogen-bond donors (Lipinski definition) is 3. The van der Waals surface area contributed by atoms with Crippen LogP contribution in [0.4, 0.5) is 17.5 Å². The summed E-state index contributed by atoms with van der Waals surface area (Å²) in [4.78, 5) is 14.2. The monoisotopic (exact) mass is 432 g/mol. The van der Waals surface area contributed by atoms with E-state index in [-0.39, 0.29) is 0 Å². The summed E-state index contributed by atoms with van der Waals surface area (Å²) >= 11 is 0. The van der Waals surface area contributed by atoms with Crippen LogP contribution in [0.2, 0.25) is 0 Å². The normalized spacial score (nSPS) is 15.3. The lowest BCUT2D eigenvalue weighted by Crippen LogP contribution is -2.45. The molecule has 4 rings (SSSR count). The van der Waals surface area contributed by atoms with Crippen molar-refractivity contribution in [3.8, 4) is 0 Å². The van der Waals surface area contributed by atoms with E-state index in [4.69, 9.17) is 4.98 Å². The number of hydrogen-bond acceptors (Lipinski definition) is 7. The number of H-pyrrole nitrogens is 1. The molecule has 1 saturated heterocycles. The van der Waals surface area contributed by atoms with Gasteiger partial charge in [-0.15, -0.1) is 0 Å². The zero-order chi connectivity index (χ0) is 22.3. The van der Waals surface area contributed by atoms with Crippen LogP contribution in [0.5, 0.6) is 0 Å². The Kier molecular flexibility index (Phi) is 7.14. The molecule has 0 unspecified atom stereocenters. The van der Waals surface area contributed by atoms with Gasteiger partial charge in [-0.1, -0.05) is 35.9 Å². The number of aromatic nitrogens is 4. The number of aryl methyl sites for hydroxylation is 2. The summed E-state index contributed by atoms with van der Waals surface area (Å²) in [6.07, 6.45) is 3.97. The fourth-order valence-electron chi connectivity index (χ4n) is 3.57. The van der Waals surface area contributed by atoms with E-state index in [2.05, 4.69) is 73.9 Å². The summed E-state index contributed by atoms with van der Waals surface area (Å²) in [5.74, 6) is 2.88. The van der Waals surface area contributed by atoms with Crippen molar-refractivity contribution in [1.29, 1.82) is 0 Å². The van der Waals surface area contributed by atoms with Crippen LogP contribution in [0.1, 0.15) is 22.6 Å². The zero-order valence-corrected chi connectivity index (χ0v) is 19.1. The van der Waals surface area contributed by atoms with Crippen molar-refractivity contribution in [3.63, 3.8) is 0 Å². The summed E-state index contributed by atoms with van der Waals surface area (Å²) in [5, 5.41) is 13.9. The van der Waals surface area contributed by atoms with Crippen molar-refractivity contribution >= 4 is 29.6 Å². The Morgan fingerprint density at radius 3 is 2.41 bits per heavy atom. The van der Waals surface area contributed by atoms with Crippen molar-refractivity contribution < 1.29 is 0 Å². The standard InChI is InChI=1S/C24H32N8/c1-18-4-6-20(7-5-18)8-9-21-26-22(25-10-11-32-14-12-31(3)13-15-32)17-23(27-21)28-24-16-19(2)29-30-24/h4-9,16-17H,10-15H2,1-3H3,(H3,25,26,27,28,29,30)/b9-8+. The second-order valence-corrected chi connectivity index (χ2v) is 8.37. The lowest BCUT2D eigenvalue weighted by molar-refractivity contribution is 0.158. The maximum Gasteiger partial charge on any atom is 0.156 e. The van der Waals surface area contributed by atoms with E-state index in [1.54, 1.807) is 0 Å². The van der Waals surface area contributed by atoms with Crippen LogP contribution < -0.4 is 10.6 Å². The molecule has 0 aliphatic carbocycles. The van der Waals surface area contributed by atoms with E-state index in [9.17, 15) is 0 Å². The molecular weight excluding hydrogens is 400 g/mol. The molecule has 0 saturated carbocycles. The molecule has 1 aromatic carbocycles. The van der Waals surface area contributed by atoms with E-state index in [0.717, 1.165) is 62.2 Å². The number of anilines is 3. The highest BCUT2D eigenvalue weighted by molar-refractivity contribution is 5.68. The van der Waals surface area contributed by atoms with Crippen LogP contribution in [-0.2, 0) is 0 Å². The molecule has 0 spiro atoms. The topological polar surface area (TPSA) is 85.0 Å². The van der Waals surface area contributed by atoms with E-state index >= 15 is 0 Å². The first-order valence-electron chi connectivity index (χ1n) is 11.1. The fourth-order valence-corrected chi connectivity index (χ4v) is 3.57. The zero-order valence-electron chi connectivity index (χ0n) is 19.1.